The molecule has 12 aromatic rings. The molecule has 0 saturated carbocycles. The Morgan fingerprint density at radius 3 is 0.968 bits per heavy atom. The molecule has 0 aliphatic heterocycles. The molecule has 0 radical (unpaired) electrons. The molecular formula is C81H69F15N18O5S7. The van der Waals surface area contributed by atoms with E-state index < -0.39 is 54.6 Å². The van der Waals surface area contributed by atoms with Crippen LogP contribution in [-0.2, 0) is 48.5 Å². The van der Waals surface area contributed by atoms with E-state index >= 15 is 0 Å². The highest BCUT2D eigenvalue weighted by atomic mass is 32.2. The van der Waals surface area contributed by atoms with Gasteiger partial charge in [-0.15, -0.1) is 87.5 Å². The van der Waals surface area contributed by atoms with Gasteiger partial charge >= 0.3 is 18.9 Å². The van der Waals surface area contributed by atoms with Crippen molar-refractivity contribution in [2.24, 2.45) is 42.3 Å². The van der Waals surface area contributed by atoms with Gasteiger partial charge < -0.3 is 36.9 Å². The minimum atomic E-state index is -4.79. The summed E-state index contributed by atoms with van der Waals surface area (Å²) in [6.45, 7) is 11.7. The van der Waals surface area contributed by atoms with Crippen molar-refractivity contribution >= 4 is 116 Å². The van der Waals surface area contributed by atoms with Crippen LogP contribution in [0.25, 0.3) is 16.7 Å². The van der Waals surface area contributed by atoms with Crippen molar-refractivity contribution in [3.8, 4) is 11.5 Å². The molecule has 23 nitrogen and oxygen atoms in total. The maximum atomic E-state index is 12.6. The van der Waals surface area contributed by atoms with E-state index in [1.807, 2.05) is 37.2 Å². The molecule has 45 heteroatoms. The van der Waals surface area contributed by atoms with Crippen LogP contribution in [0.3, 0.4) is 0 Å². The smallest absolute Gasteiger partial charge is 0.406 e. The van der Waals surface area contributed by atoms with Crippen LogP contribution in [0, 0.1) is 0 Å². The molecule has 6 aromatic carbocycles. The maximum absolute atomic E-state index is 12.6. The first kappa shape index (κ1) is 101. The highest BCUT2D eigenvalue weighted by molar-refractivity contribution is 8.03. The maximum Gasteiger partial charge on any atom is 0.573 e. The van der Waals surface area contributed by atoms with Crippen LogP contribution < -0.4 is 9.47 Å². The minimum absolute atomic E-state index is 0.00185. The second-order valence-electron chi connectivity index (χ2n) is 24.5. The summed E-state index contributed by atoms with van der Waals surface area (Å²) in [5, 5.41) is 59.7. The van der Waals surface area contributed by atoms with Crippen molar-refractivity contribution in [1.82, 2.24) is 88.6 Å². The average Bonchev–Trinajstić information content (AvgIpc) is 1.64. The van der Waals surface area contributed by atoms with E-state index in [2.05, 4.69) is 90.4 Å². The van der Waals surface area contributed by atoms with Gasteiger partial charge in [-0.05, 0) is 169 Å². The molecule has 0 spiro atoms. The van der Waals surface area contributed by atoms with Crippen molar-refractivity contribution in [3.05, 3.63) is 322 Å². The molecule has 0 bridgehead atoms. The number of aryl methyl sites for hydroxylation is 6. The number of carbonyl (C=O) groups is 3. The fourth-order valence-corrected chi connectivity index (χ4v) is 13.3. The minimum Gasteiger partial charge on any atom is -0.406 e. The highest BCUT2D eigenvalue weighted by Crippen LogP contribution is 2.34. The molecule has 0 atom stereocenters. The molecule has 12 rings (SSSR count). The van der Waals surface area contributed by atoms with E-state index in [1.54, 1.807) is 134 Å². The standard InChI is InChI=1S/C14H12F3N3S.C14H13F2N3S2.C14H13F2N3S.2C13H10F3N3O2S.C13H11F2N3OS/c1-10(7-8-21-13-19-18-9-20(13)2)11-3-5-12(6-4-11)14(15,16)17;1-10(7-8-20-14-18-17-9-19(14)2)11-3-5-12(6-4-11)21-13(15)16;1-10(6-7-20-14-18-17-9-19(14)2)11-4-3-5-12(8-11)13(15)16;1-19-8-17-18-12(19)22-7-6-11(20)9-2-4-10(5-3-9)21-13(14,15)16;1-19-8-17-18-12(19)22-6-5-11(20)9-3-2-4-10(7-9)21-13(14,15)16;1-18-8-16-17-13(18)20-7-6-11(19)9-2-4-10(5-3-9)12(14)15/h3-9H,1H2,2H3;3-9,13H,1H2,2H3;3-9,13H,1H2,2H3;2*2-8H,1H3;2-8,12H,1H3/b2*8-7+;2*7-6+;6-5+;7-6+. The zero-order valence-electron chi connectivity index (χ0n) is 66.2. The van der Waals surface area contributed by atoms with E-state index in [0.29, 0.717) is 65.1 Å². The van der Waals surface area contributed by atoms with Gasteiger partial charge in [0.15, 0.2) is 48.3 Å². The average molecular weight is 1880 g/mol. The van der Waals surface area contributed by atoms with Crippen LogP contribution in [-0.4, -0.2) is 124 Å². The van der Waals surface area contributed by atoms with Gasteiger partial charge in [0.05, 0.1) is 5.56 Å². The topological polar surface area (TPSA) is 254 Å². The fourth-order valence-electron chi connectivity index (χ4n) is 8.91. The Bertz CT molecular complexity index is 5730. The molecule has 6 aromatic heterocycles. The van der Waals surface area contributed by atoms with E-state index in [1.165, 1.54) is 185 Å². The predicted octanol–water partition coefficient (Wildman–Crippen LogP) is 22.3. The molecule has 6 heterocycles. The molecular weight excluding hydrogens is 1810 g/mol. The number of alkyl halides is 15. The number of hydrogen-bond acceptors (Lipinski definition) is 24. The third kappa shape index (κ3) is 35.8. The number of ketones is 3. The normalized spacial score (nSPS) is 11.7. The van der Waals surface area contributed by atoms with Gasteiger partial charge in [0, 0.05) is 75.0 Å². The van der Waals surface area contributed by atoms with Crippen molar-refractivity contribution in [1.29, 1.82) is 0 Å². The van der Waals surface area contributed by atoms with Crippen LogP contribution in [0.2, 0.25) is 0 Å². The summed E-state index contributed by atoms with van der Waals surface area (Å²) in [5.74, 6) is -4.24. The Morgan fingerprint density at radius 1 is 0.341 bits per heavy atom. The van der Waals surface area contributed by atoms with Gasteiger partial charge in [0.2, 0.25) is 0 Å². The van der Waals surface area contributed by atoms with Crippen LogP contribution in [0.1, 0.15) is 77.3 Å². The lowest BCUT2D eigenvalue weighted by molar-refractivity contribution is -0.275. The Kier molecular flexibility index (Phi) is 40.1. The lowest BCUT2D eigenvalue weighted by Crippen LogP contribution is -2.17. The fraction of sp³-hybridized carbons (Fsp3) is 0.148. The summed E-state index contributed by atoms with van der Waals surface area (Å²) in [5.41, 5.74) is 4.25. The van der Waals surface area contributed by atoms with Gasteiger partial charge in [-0.1, -0.05) is 181 Å². The molecule has 0 aliphatic rings. The van der Waals surface area contributed by atoms with Crippen molar-refractivity contribution in [3.63, 3.8) is 0 Å². The van der Waals surface area contributed by atoms with E-state index in [9.17, 15) is 80.2 Å². The van der Waals surface area contributed by atoms with Crippen molar-refractivity contribution in [2.75, 3.05) is 0 Å². The van der Waals surface area contributed by atoms with Crippen LogP contribution >= 0.6 is 82.3 Å². The zero-order chi connectivity index (χ0) is 92.1. The number of benzene rings is 6. The van der Waals surface area contributed by atoms with Crippen LogP contribution in [0.4, 0.5) is 65.9 Å². The Morgan fingerprint density at radius 2 is 0.643 bits per heavy atom. The molecule has 0 fully saturated rings. The number of allylic oxidation sites excluding steroid dienone is 9. The molecule has 0 amide bonds. The second-order valence-corrected chi connectivity index (χ2v) is 30.8. The monoisotopic (exact) mass is 1880 g/mol. The Hall–Kier alpha value is -12.2. The third-order valence-electron chi connectivity index (χ3n) is 15.2. The van der Waals surface area contributed by atoms with Crippen LogP contribution in [0.5, 0.6) is 11.5 Å². The highest BCUT2D eigenvalue weighted by Gasteiger charge is 2.33. The first-order valence-electron chi connectivity index (χ1n) is 35.2. The summed E-state index contributed by atoms with van der Waals surface area (Å²) < 4.78 is 202. The number of aromatic nitrogens is 18. The molecule has 0 N–H and O–H groups in total. The summed E-state index contributed by atoms with van der Waals surface area (Å²) in [6.07, 6.45) is -0.187. The van der Waals surface area contributed by atoms with Gasteiger partial charge in [-0.3, -0.25) is 14.4 Å². The van der Waals surface area contributed by atoms with Crippen molar-refractivity contribution < 1.29 is 89.7 Å². The number of nitrogens with zero attached hydrogens (tertiary/aromatic N) is 18. The Labute approximate surface area is 739 Å². The van der Waals surface area contributed by atoms with Gasteiger partial charge in [0.1, 0.15) is 49.5 Å². The second kappa shape index (κ2) is 50.1. The number of thioether (sulfide) groups is 7. The zero-order valence-corrected chi connectivity index (χ0v) is 71.9. The van der Waals surface area contributed by atoms with Crippen molar-refractivity contribution in [2.45, 2.75) is 73.3 Å². The first-order chi connectivity index (χ1) is 59.8. The van der Waals surface area contributed by atoms with Gasteiger partial charge in [0.25, 0.3) is 18.6 Å². The van der Waals surface area contributed by atoms with Crippen LogP contribution in [0.15, 0.2) is 308 Å². The third-order valence-corrected chi connectivity index (χ3v) is 21.1. The van der Waals surface area contributed by atoms with E-state index in [-0.39, 0.29) is 39.6 Å². The largest absolute Gasteiger partial charge is 0.573 e. The number of hydrogen-bond donors (Lipinski definition) is 0. The summed E-state index contributed by atoms with van der Waals surface area (Å²) >= 11 is 8.33. The molecule has 0 aliphatic carbocycles. The number of halogens is 15. The molecule has 660 valence electrons. The molecule has 126 heavy (non-hydrogen) atoms. The van der Waals surface area contributed by atoms with E-state index in [0.717, 1.165) is 57.8 Å². The number of rotatable bonds is 30. The van der Waals surface area contributed by atoms with E-state index in [4.69, 9.17) is 0 Å². The molecule has 0 unspecified atom stereocenters. The SMILES string of the molecule is C=C(/C=C/Sc1nncn1C)c1ccc(C(F)(F)F)cc1.C=C(/C=C/Sc1nncn1C)c1ccc(SC(F)F)cc1.C=C(/C=C/Sc1nncn1C)c1cccc(C(F)F)c1.Cn1cnnc1S/C=C/C(=O)c1ccc(C(F)F)cc1.Cn1cnnc1S/C=C/C(=O)c1ccc(OC(F)(F)F)cc1.Cn1cnnc1S/C=C/C(=O)c1cccc(OC(F)(F)F)c1. The van der Waals surface area contributed by atoms with Gasteiger partial charge in [-0.2, -0.15) is 22.0 Å². The molecule has 0 saturated heterocycles. The summed E-state index contributed by atoms with van der Waals surface area (Å²) in [4.78, 5) is 36.1. The Balaban J connectivity index is 0.000000208. The lowest BCUT2D eigenvalue weighted by Gasteiger charge is -2.09. The predicted molar refractivity (Wildman–Crippen MR) is 455 cm³/mol. The van der Waals surface area contributed by atoms with Gasteiger partial charge in [-0.25, -0.2) is 17.6 Å². The number of carbonyl (C=O) groups excluding carboxylic acids is 3. The lowest BCUT2D eigenvalue weighted by atomic mass is 10.1. The quantitative estimate of drug-likeness (QED) is 0.0133. The summed E-state index contributed by atoms with van der Waals surface area (Å²) in [6, 6.07) is 32.9. The first-order valence-corrected chi connectivity index (χ1v) is 41.4. The summed E-state index contributed by atoms with van der Waals surface area (Å²) in [7, 11) is 10.8. The number of ether oxygens (including phenoxy) is 2.